The zero-order valence-electron chi connectivity index (χ0n) is 19.4. The molecule has 0 aliphatic carbocycles. The Morgan fingerprint density at radius 3 is 2.44 bits per heavy atom. The third kappa shape index (κ3) is 7.93. The second kappa shape index (κ2) is 13.4. The molecule has 0 radical (unpaired) electrons. The summed E-state index contributed by atoms with van der Waals surface area (Å²) in [6.45, 7) is 3.72. The largest absolute Gasteiger partial charge is 0.490 e. The zero-order chi connectivity index (χ0) is 24.2. The van der Waals surface area contributed by atoms with E-state index in [4.69, 9.17) is 29.4 Å². The van der Waals surface area contributed by atoms with Crippen molar-refractivity contribution in [2.75, 3.05) is 46.1 Å². The van der Waals surface area contributed by atoms with Gasteiger partial charge in [0.1, 0.15) is 32.0 Å². The van der Waals surface area contributed by atoms with Gasteiger partial charge in [-0.25, -0.2) is 4.79 Å². The van der Waals surface area contributed by atoms with E-state index in [1.165, 1.54) is 0 Å². The Labute approximate surface area is 199 Å². The predicted octanol–water partition coefficient (Wildman–Crippen LogP) is 2.41. The Kier molecular flexibility index (Phi) is 9.99. The van der Waals surface area contributed by atoms with E-state index in [9.17, 15) is 9.59 Å². The summed E-state index contributed by atoms with van der Waals surface area (Å²) in [4.78, 5) is 26.0. The topological polar surface area (TPSA) is 110 Å². The third-order valence-electron chi connectivity index (χ3n) is 5.13. The Morgan fingerprint density at radius 1 is 1.03 bits per heavy atom. The Balaban J connectivity index is 1.35. The number of carbonyl (C=O) groups excluding carboxylic acids is 2. The van der Waals surface area contributed by atoms with Gasteiger partial charge in [-0.1, -0.05) is 42.5 Å². The number of hydrogen-bond donors (Lipinski definition) is 1. The second-order valence-corrected chi connectivity index (χ2v) is 7.71. The number of nitrogens with zero attached hydrogens (tertiary/aromatic N) is 1. The summed E-state index contributed by atoms with van der Waals surface area (Å²) in [5.41, 5.74) is 6.85. The minimum Gasteiger partial charge on any atom is -0.490 e. The quantitative estimate of drug-likeness (QED) is 0.392. The van der Waals surface area contributed by atoms with Crippen molar-refractivity contribution in [2.24, 2.45) is 5.73 Å². The third-order valence-corrected chi connectivity index (χ3v) is 5.13. The molecule has 1 saturated heterocycles. The van der Waals surface area contributed by atoms with E-state index >= 15 is 0 Å². The Hall–Kier alpha value is -3.30. The molecule has 0 spiro atoms. The van der Waals surface area contributed by atoms with Crippen LogP contribution in [0.5, 0.6) is 11.5 Å². The average Bonchev–Trinajstić information content (AvgIpc) is 2.86. The van der Waals surface area contributed by atoms with Gasteiger partial charge >= 0.3 is 12.1 Å². The summed E-state index contributed by atoms with van der Waals surface area (Å²) in [6, 6.07) is 16.1. The monoisotopic (exact) mass is 472 g/mol. The van der Waals surface area contributed by atoms with Crippen molar-refractivity contribution in [1.29, 1.82) is 0 Å². The van der Waals surface area contributed by atoms with Crippen LogP contribution in [-0.2, 0) is 25.4 Å². The SMILES string of the molecule is CCOc1ccccc1OCC1CN(C(=O)OCCOC(=O)[C@H](N)Cc2ccccc2)CCO1. The Morgan fingerprint density at radius 2 is 1.71 bits per heavy atom. The molecule has 9 nitrogen and oxygen atoms in total. The highest BCUT2D eigenvalue weighted by Crippen LogP contribution is 2.26. The lowest BCUT2D eigenvalue weighted by molar-refractivity contribution is -0.146. The van der Waals surface area contributed by atoms with Crippen LogP contribution < -0.4 is 15.2 Å². The second-order valence-electron chi connectivity index (χ2n) is 7.71. The maximum atomic E-state index is 12.4. The van der Waals surface area contributed by atoms with Crippen LogP contribution in [0.1, 0.15) is 12.5 Å². The minimum absolute atomic E-state index is 0.0527. The summed E-state index contributed by atoms with van der Waals surface area (Å²) in [5.74, 6) is 0.755. The summed E-state index contributed by atoms with van der Waals surface area (Å²) < 4.78 is 27.5. The maximum Gasteiger partial charge on any atom is 0.410 e. The molecule has 1 amide bonds. The van der Waals surface area contributed by atoms with Gasteiger partial charge in [0.25, 0.3) is 0 Å². The van der Waals surface area contributed by atoms with Gasteiger partial charge in [-0.2, -0.15) is 0 Å². The molecule has 184 valence electrons. The van der Waals surface area contributed by atoms with E-state index in [1.807, 2.05) is 61.5 Å². The molecule has 1 aliphatic heterocycles. The van der Waals surface area contributed by atoms with Gasteiger partial charge in [-0.3, -0.25) is 4.79 Å². The smallest absolute Gasteiger partial charge is 0.410 e. The highest BCUT2D eigenvalue weighted by atomic mass is 16.6. The van der Waals surface area contributed by atoms with Crippen molar-refractivity contribution in [1.82, 2.24) is 4.90 Å². The first kappa shape index (κ1) is 25.3. The fourth-order valence-electron chi connectivity index (χ4n) is 3.43. The van der Waals surface area contributed by atoms with Crippen molar-refractivity contribution in [3.8, 4) is 11.5 Å². The number of hydrogen-bond acceptors (Lipinski definition) is 8. The van der Waals surface area contributed by atoms with Gasteiger partial charge in [0.15, 0.2) is 11.5 Å². The van der Waals surface area contributed by atoms with Crippen molar-refractivity contribution in [3.05, 3.63) is 60.2 Å². The van der Waals surface area contributed by atoms with Crippen LogP contribution >= 0.6 is 0 Å². The van der Waals surface area contributed by atoms with Crippen LogP contribution in [0.3, 0.4) is 0 Å². The van der Waals surface area contributed by atoms with E-state index < -0.39 is 18.1 Å². The minimum atomic E-state index is -0.772. The van der Waals surface area contributed by atoms with Crippen LogP contribution in [-0.4, -0.2) is 75.2 Å². The fourth-order valence-corrected chi connectivity index (χ4v) is 3.43. The zero-order valence-corrected chi connectivity index (χ0v) is 19.4. The van der Waals surface area contributed by atoms with Gasteiger partial charge in [0.2, 0.25) is 0 Å². The molecule has 1 heterocycles. The van der Waals surface area contributed by atoms with Gasteiger partial charge in [-0.15, -0.1) is 0 Å². The number of morpholine rings is 1. The normalized spacial score (nSPS) is 16.4. The number of benzene rings is 2. The van der Waals surface area contributed by atoms with Crippen LogP contribution in [0, 0.1) is 0 Å². The molecular weight excluding hydrogens is 440 g/mol. The molecule has 0 bridgehead atoms. The number of nitrogens with two attached hydrogens (primary N) is 1. The molecule has 1 fully saturated rings. The predicted molar refractivity (Wildman–Crippen MR) is 125 cm³/mol. The number of para-hydroxylation sites is 2. The van der Waals surface area contributed by atoms with Gasteiger partial charge in [-0.05, 0) is 31.0 Å². The first-order valence-corrected chi connectivity index (χ1v) is 11.4. The highest BCUT2D eigenvalue weighted by Gasteiger charge is 2.26. The molecule has 2 aromatic carbocycles. The summed E-state index contributed by atoms with van der Waals surface area (Å²) in [6.07, 6.45) is -0.413. The standard InChI is InChI=1S/C25H32N2O7/c1-2-30-22-10-6-7-11-23(22)34-18-20-17-27(12-13-31-20)25(29)33-15-14-32-24(28)21(26)16-19-8-4-3-5-9-19/h3-11,20-21H,2,12-18,26H2,1H3/t20?,21-/m1/s1. The molecule has 1 unspecified atom stereocenters. The fraction of sp³-hybridized carbons (Fsp3) is 0.440. The Bertz CT molecular complexity index is 909. The molecule has 1 aliphatic rings. The molecule has 2 atom stereocenters. The first-order valence-electron chi connectivity index (χ1n) is 11.4. The number of ether oxygens (including phenoxy) is 5. The molecule has 0 aromatic heterocycles. The van der Waals surface area contributed by atoms with E-state index in [0.29, 0.717) is 44.2 Å². The lowest BCUT2D eigenvalue weighted by atomic mass is 10.1. The van der Waals surface area contributed by atoms with Gasteiger partial charge in [0.05, 0.1) is 19.8 Å². The van der Waals surface area contributed by atoms with Crippen LogP contribution in [0.25, 0.3) is 0 Å². The highest BCUT2D eigenvalue weighted by molar-refractivity contribution is 5.76. The van der Waals surface area contributed by atoms with Crippen LogP contribution in [0.2, 0.25) is 0 Å². The lowest BCUT2D eigenvalue weighted by Crippen LogP contribution is -2.48. The molecular formula is C25H32N2O7. The molecule has 2 aromatic rings. The summed E-state index contributed by atoms with van der Waals surface area (Å²) in [5, 5.41) is 0. The van der Waals surface area contributed by atoms with Crippen LogP contribution in [0.4, 0.5) is 4.79 Å². The van der Waals surface area contributed by atoms with E-state index in [1.54, 1.807) is 4.90 Å². The van der Waals surface area contributed by atoms with Crippen molar-refractivity contribution < 1.29 is 33.3 Å². The number of carbonyl (C=O) groups is 2. The summed E-state index contributed by atoms with van der Waals surface area (Å²) in [7, 11) is 0. The molecule has 2 N–H and O–H groups in total. The summed E-state index contributed by atoms with van der Waals surface area (Å²) >= 11 is 0. The first-order chi connectivity index (χ1) is 16.6. The van der Waals surface area contributed by atoms with E-state index in [0.717, 1.165) is 5.56 Å². The lowest BCUT2D eigenvalue weighted by Gasteiger charge is -2.32. The van der Waals surface area contributed by atoms with Crippen molar-refractivity contribution >= 4 is 12.1 Å². The molecule has 0 saturated carbocycles. The molecule has 9 heteroatoms. The van der Waals surface area contributed by atoms with E-state index in [-0.39, 0.29) is 25.9 Å². The van der Waals surface area contributed by atoms with Gasteiger partial charge < -0.3 is 34.3 Å². The molecule has 3 rings (SSSR count). The number of amides is 1. The van der Waals surface area contributed by atoms with Crippen LogP contribution in [0.15, 0.2) is 54.6 Å². The van der Waals surface area contributed by atoms with Gasteiger partial charge in [0, 0.05) is 6.54 Å². The van der Waals surface area contributed by atoms with Crippen molar-refractivity contribution in [2.45, 2.75) is 25.5 Å². The number of rotatable bonds is 11. The average molecular weight is 473 g/mol. The number of esters is 1. The maximum absolute atomic E-state index is 12.4. The molecule has 34 heavy (non-hydrogen) atoms. The van der Waals surface area contributed by atoms with E-state index in [2.05, 4.69) is 0 Å². The van der Waals surface area contributed by atoms with Crippen molar-refractivity contribution in [3.63, 3.8) is 0 Å².